The van der Waals surface area contributed by atoms with Crippen molar-refractivity contribution in [1.82, 2.24) is 9.88 Å². The molecule has 1 amide bonds. The highest BCUT2D eigenvalue weighted by molar-refractivity contribution is 5.95. The van der Waals surface area contributed by atoms with Gasteiger partial charge in [-0.3, -0.25) is 4.79 Å². The highest BCUT2D eigenvalue weighted by Crippen LogP contribution is 2.17. The van der Waals surface area contributed by atoms with Crippen molar-refractivity contribution in [2.75, 3.05) is 20.3 Å². The minimum absolute atomic E-state index is 0.0687. The van der Waals surface area contributed by atoms with Gasteiger partial charge in [0.15, 0.2) is 0 Å². The molecule has 0 aromatic carbocycles. The Morgan fingerprint density at radius 3 is 2.90 bits per heavy atom. The lowest BCUT2D eigenvalue weighted by Gasteiger charge is -2.08. The van der Waals surface area contributed by atoms with Crippen LogP contribution in [-0.4, -0.2) is 30.7 Å². The first-order valence-electron chi connectivity index (χ1n) is 6.59. The number of aryl methyl sites for hydroxylation is 1. The molecule has 0 radical (unpaired) electrons. The number of hydrogen-bond donors (Lipinski definition) is 1. The molecule has 0 saturated heterocycles. The molecule has 0 unspecified atom stereocenters. The molecule has 2 aromatic heterocycles. The summed E-state index contributed by atoms with van der Waals surface area (Å²) in [5.41, 5.74) is 2.68. The largest absolute Gasteiger partial charge is 0.467 e. The molecule has 20 heavy (non-hydrogen) atoms. The van der Waals surface area contributed by atoms with Gasteiger partial charge in [-0.05, 0) is 32.0 Å². The van der Waals surface area contributed by atoms with Crippen LogP contribution in [0.4, 0.5) is 0 Å². The fraction of sp³-hybridized carbons (Fsp3) is 0.400. The Morgan fingerprint density at radius 1 is 1.45 bits per heavy atom. The lowest BCUT2D eigenvalue weighted by Crippen LogP contribution is -2.27. The zero-order valence-corrected chi connectivity index (χ0v) is 12.1. The Morgan fingerprint density at radius 2 is 2.25 bits per heavy atom. The number of nitrogens with zero attached hydrogens (tertiary/aromatic N) is 1. The van der Waals surface area contributed by atoms with Crippen LogP contribution in [0.15, 0.2) is 28.9 Å². The third-order valence-electron chi connectivity index (χ3n) is 3.30. The second kappa shape index (κ2) is 6.43. The van der Waals surface area contributed by atoms with Gasteiger partial charge < -0.3 is 19.0 Å². The van der Waals surface area contributed by atoms with E-state index in [4.69, 9.17) is 9.15 Å². The summed E-state index contributed by atoms with van der Waals surface area (Å²) in [6.07, 6.45) is 1.65. The van der Waals surface area contributed by atoms with E-state index in [-0.39, 0.29) is 5.91 Å². The van der Waals surface area contributed by atoms with Gasteiger partial charge >= 0.3 is 0 Å². The average molecular weight is 276 g/mol. The van der Waals surface area contributed by atoms with Crippen molar-refractivity contribution in [3.8, 4) is 0 Å². The summed E-state index contributed by atoms with van der Waals surface area (Å²) >= 11 is 0. The fourth-order valence-corrected chi connectivity index (χ4v) is 2.19. The van der Waals surface area contributed by atoms with Gasteiger partial charge in [-0.1, -0.05) is 0 Å². The van der Waals surface area contributed by atoms with E-state index in [1.165, 1.54) is 0 Å². The van der Waals surface area contributed by atoms with Gasteiger partial charge in [0, 0.05) is 25.0 Å². The maximum Gasteiger partial charge on any atom is 0.253 e. The molecule has 2 aromatic rings. The summed E-state index contributed by atoms with van der Waals surface area (Å²) in [4.78, 5) is 12.1. The molecular weight excluding hydrogens is 256 g/mol. The molecule has 0 aliphatic heterocycles. The third kappa shape index (κ3) is 3.11. The van der Waals surface area contributed by atoms with E-state index in [0.29, 0.717) is 25.3 Å². The van der Waals surface area contributed by atoms with Crippen molar-refractivity contribution in [2.24, 2.45) is 0 Å². The summed E-state index contributed by atoms with van der Waals surface area (Å²) in [6.45, 7) is 5.59. The molecule has 0 spiro atoms. The molecule has 2 heterocycles. The van der Waals surface area contributed by atoms with Crippen LogP contribution in [0.3, 0.4) is 0 Å². The van der Waals surface area contributed by atoms with E-state index in [9.17, 15) is 4.79 Å². The van der Waals surface area contributed by atoms with Crippen LogP contribution in [0.2, 0.25) is 0 Å². The molecule has 0 saturated carbocycles. The zero-order valence-electron chi connectivity index (χ0n) is 12.1. The molecule has 0 fully saturated rings. The summed E-state index contributed by atoms with van der Waals surface area (Å²) in [6, 6.07) is 5.69. The van der Waals surface area contributed by atoms with Crippen molar-refractivity contribution in [2.45, 2.75) is 20.4 Å². The van der Waals surface area contributed by atoms with Crippen LogP contribution in [0.1, 0.15) is 27.5 Å². The van der Waals surface area contributed by atoms with Crippen molar-refractivity contribution in [3.63, 3.8) is 0 Å². The molecule has 0 aliphatic carbocycles. The minimum Gasteiger partial charge on any atom is -0.467 e. The summed E-state index contributed by atoms with van der Waals surface area (Å²) < 4.78 is 12.4. The number of ether oxygens (including phenoxy) is 1. The highest BCUT2D eigenvalue weighted by Gasteiger charge is 2.15. The molecule has 2 rings (SSSR count). The molecule has 108 valence electrons. The smallest absolute Gasteiger partial charge is 0.253 e. The Kier molecular flexibility index (Phi) is 4.63. The Bertz CT molecular complexity index is 570. The molecule has 5 nitrogen and oxygen atoms in total. The van der Waals surface area contributed by atoms with Crippen LogP contribution in [-0.2, 0) is 11.3 Å². The van der Waals surface area contributed by atoms with E-state index < -0.39 is 0 Å². The van der Waals surface area contributed by atoms with Gasteiger partial charge in [-0.25, -0.2) is 0 Å². The second-order valence-electron chi connectivity index (χ2n) is 4.70. The standard InChI is InChI=1S/C15H20N2O3/c1-11-9-14(15(18)16-6-8-19-3)12(2)17(11)10-13-5-4-7-20-13/h4-5,7,9H,6,8,10H2,1-3H3,(H,16,18). The van der Waals surface area contributed by atoms with Crippen LogP contribution in [0, 0.1) is 13.8 Å². The number of aromatic nitrogens is 1. The molecule has 0 aliphatic rings. The Balaban J connectivity index is 2.13. The summed E-state index contributed by atoms with van der Waals surface area (Å²) in [5.74, 6) is 0.805. The monoisotopic (exact) mass is 276 g/mol. The van der Waals surface area contributed by atoms with E-state index in [2.05, 4.69) is 9.88 Å². The quantitative estimate of drug-likeness (QED) is 0.822. The predicted octanol–water partition coefficient (Wildman–Crippen LogP) is 2.12. The number of hydrogen-bond acceptors (Lipinski definition) is 3. The molecule has 1 N–H and O–H groups in total. The van der Waals surface area contributed by atoms with Gasteiger partial charge in [0.1, 0.15) is 5.76 Å². The number of amides is 1. The van der Waals surface area contributed by atoms with Gasteiger partial charge in [0.05, 0.1) is 25.0 Å². The maximum absolute atomic E-state index is 12.1. The van der Waals surface area contributed by atoms with E-state index in [1.807, 2.05) is 32.0 Å². The maximum atomic E-state index is 12.1. The van der Waals surface area contributed by atoms with Gasteiger partial charge in [-0.2, -0.15) is 0 Å². The lowest BCUT2D eigenvalue weighted by molar-refractivity contribution is 0.0936. The third-order valence-corrected chi connectivity index (χ3v) is 3.30. The van der Waals surface area contributed by atoms with E-state index in [0.717, 1.165) is 17.1 Å². The topological polar surface area (TPSA) is 56.4 Å². The van der Waals surface area contributed by atoms with Crippen molar-refractivity contribution in [1.29, 1.82) is 0 Å². The molecule has 5 heteroatoms. The van der Waals surface area contributed by atoms with Crippen LogP contribution < -0.4 is 5.32 Å². The summed E-state index contributed by atoms with van der Waals surface area (Å²) in [7, 11) is 1.61. The fourth-order valence-electron chi connectivity index (χ4n) is 2.19. The van der Waals surface area contributed by atoms with Crippen LogP contribution >= 0.6 is 0 Å². The normalized spacial score (nSPS) is 10.8. The van der Waals surface area contributed by atoms with Crippen LogP contribution in [0.5, 0.6) is 0 Å². The zero-order chi connectivity index (χ0) is 14.5. The molecular formula is C15H20N2O3. The predicted molar refractivity (Wildman–Crippen MR) is 75.9 cm³/mol. The number of rotatable bonds is 6. The number of nitrogens with one attached hydrogen (secondary N) is 1. The van der Waals surface area contributed by atoms with Crippen molar-refractivity contribution >= 4 is 5.91 Å². The van der Waals surface area contributed by atoms with Gasteiger partial charge in [-0.15, -0.1) is 0 Å². The average Bonchev–Trinajstić information content (AvgIpc) is 3.02. The lowest BCUT2D eigenvalue weighted by atomic mass is 10.2. The number of carbonyl (C=O) groups is 1. The van der Waals surface area contributed by atoms with E-state index in [1.54, 1.807) is 13.4 Å². The van der Waals surface area contributed by atoms with Crippen molar-refractivity contribution < 1.29 is 13.9 Å². The van der Waals surface area contributed by atoms with Crippen LogP contribution in [0.25, 0.3) is 0 Å². The number of methoxy groups -OCH3 is 1. The molecule has 0 bridgehead atoms. The minimum atomic E-state index is -0.0687. The summed E-state index contributed by atoms with van der Waals surface area (Å²) in [5, 5.41) is 2.84. The first-order valence-corrected chi connectivity index (χ1v) is 6.59. The Hall–Kier alpha value is -2.01. The van der Waals surface area contributed by atoms with Crippen molar-refractivity contribution in [3.05, 3.63) is 47.2 Å². The highest BCUT2D eigenvalue weighted by atomic mass is 16.5. The number of furan rings is 1. The second-order valence-corrected chi connectivity index (χ2v) is 4.70. The number of carbonyl (C=O) groups excluding carboxylic acids is 1. The SMILES string of the molecule is COCCNC(=O)c1cc(C)n(Cc2ccco2)c1C. The van der Waals surface area contributed by atoms with E-state index >= 15 is 0 Å². The van der Waals surface area contributed by atoms with Gasteiger partial charge in [0.25, 0.3) is 5.91 Å². The first kappa shape index (κ1) is 14.4. The first-order chi connectivity index (χ1) is 9.63. The van der Waals surface area contributed by atoms with Gasteiger partial charge in [0.2, 0.25) is 0 Å². The Labute approximate surface area is 118 Å². The molecule has 0 atom stereocenters.